The van der Waals surface area contributed by atoms with Crippen molar-refractivity contribution in [3.63, 3.8) is 0 Å². The number of para-hydroxylation sites is 1. The van der Waals surface area contributed by atoms with Crippen molar-refractivity contribution in [2.75, 3.05) is 0 Å². The van der Waals surface area contributed by atoms with Gasteiger partial charge in [-0.15, -0.1) is 0 Å². The van der Waals surface area contributed by atoms with Crippen LogP contribution in [0.4, 0.5) is 0 Å². The van der Waals surface area contributed by atoms with Gasteiger partial charge in [-0.2, -0.15) is 0 Å². The summed E-state index contributed by atoms with van der Waals surface area (Å²) in [6.07, 6.45) is 0. The van der Waals surface area contributed by atoms with E-state index in [0.29, 0.717) is 16.8 Å². The van der Waals surface area contributed by atoms with Crippen molar-refractivity contribution in [1.82, 2.24) is 4.98 Å². The van der Waals surface area contributed by atoms with E-state index in [0.717, 1.165) is 11.1 Å². The Morgan fingerprint density at radius 1 is 0.950 bits per heavy atom. The highest BCUT2D eigenvalue weighted by atomic mass is 16.5. The van der Waals surface area contributed by atoms with E-state index >= 15 is 0 Å². The molecular formula is C17H13NO2. The molecule has 0 aliphatic carbocycles. The van der Waals surface area contributed by atoms with E-state index in [1.165, 1.54) is 0 Å². The van der Waals surface area contributed by atoms with E-state index in [-0.39, 0.29) is 5.97 Å². The van der Waals surface area contributed by atoms with Crippen molar-refractivity contribution in [1.29, 1.82) is 0 Å². The smallest absolute Gasteiger partial charge is 0.343 e. The maximum Gasteiger partial charge on any atom is 0.343 e. The van der Waals surface area contributed by atoms with Gasteiger partial charge in [-0.1, -0.05) is 36.4 Å². The number of esters is 1. The number of nitrogens with zero attached hydrogens (tertiary/aromatic N) is 1. The number of aromatic nitrogens is 1. The second-order valence-electron chi connectivity index (χ2n) is 4.54. The predicted molar refractivity (Wildman–Crippen MR) is 77.9 cm³/mol. The number of hydrogen-bond acceptors (Lipinski definition) is 3. The van der Waals surface area contributed by atoms with Gasteiger partial charge in [0.15, 0.2) is 5.75 Å². The van der Waals surface area contributed by atoms with Gasteiger partial charge >= 0.3 is 5.97 Å². The first-order valence-corrected chi connectivity index (χ1v) is 6.37. The van der Waals surface area contributed by atoms with Crippen LogP contribution in [0.5, 0.6) is 5.75 Å². The summed E-state index contributed by atoms with van der Waals surface area (Å²) in [5.74, 6) is 0.112. The summed E-state index contributed by atoms with van der Waals surface area (Å²) < 4.78 is 5.47. The van der Waals surface area contributed by atoms with Gasteiger partial charge in [-0.3, -0.25) is 0 Å². The lowest BCUT2D eigenvalue weighted by molar-refractivity contribution is 0.0737. The fourth-order valence-electron chi connectivity index (χ4n) is 2.03. The summed E-state index contributed by atoms with van der Waals surface area (Å²) in [6.45, 7) is 1.91. The van der Waals surface area contributed by atoms with Crippen molar-refractivity contribution in [2.24, 2.45) is 0 Å². The molecule has 0 N–H and O–H groups in total. The van der Waals surface area contributed by atoms with Crippen LogP contribution in [0.3, 0.4) is 0 Å². The van der Waals surface area contributed by atoms with Gasteiger partial charge in [0.1, 0.15) is 5.52 Å². The third-order valence-corrected chi connectivity index (χ3v) is 3.03. The first-order valence-electron chi connectivity index (χ1n) is 6.37. The molecule has 3 heteroatoms. The van der Waals surface area contributed by atoms with Crippen LogP contribution in [0.25, 0.3) is 10.9 Å². The largest absolute Gasteiger partial charge is 0.421 e. The number of hydrogen-bond donors (Lipinski definition) is 0. The van der Waals surface area contributed by atoms with Gasteiger partial charge in [0.2, 0.25) is 0 Å². The minimum atomic E-state index is -0.374. The van der Waals surface area contributed by atoms with Gasteiger partial charge in [-0.05, 0) is 31.2 Å². The minimum absolute atomic E-state index is 0.374. The van der Waals surface area contributed by atoms with Crippen LogP contribution < -0.4 is 4.74 Å². The average Bonchev–Trinajstić information content (AvgIpc) is 2.49. The number of carbonyl (C=O) groups is 1. The number of benzene rings is 2. The predicted octanol–water partition coefficient (Wildman–Crippen LogP) is 3.76. The molecule has 0 unspecified atom stereocenters. The molecule has 1 aromatic heterocycles. The molecule has 0 aliphatic rings. The Bertz CT molecular complexity index is 766. The summed E-state index contributed by atoms with van der Waals surface area (Å²) >= 11 is 0. The zero-order valence-corrected chi connectivity index (χ0v) is 11.0. The van der Waals surface area contributed by atoms with Gasteiger partial charge in [0.25, 0.3) is 0 Å². The number of fused-ring (bicyclic) bond motifs is 1. The normalized spacial score (nSPS) is 10.4. The van der Waals surface area contributed by atoms with Gasteiger partial charge in [0, 0.05) is 11.1 Å². The number of rotatable bonds is 2. The molecule has 0 radical (unpaired) electrons. The summed E-state index contributed by atoms with van der Waals surface area (Å²) in [6, 6.07) is 18.4. The summed E-state index contributed by atoms with van der Waals surface area (Å²) in [4.78, 5) is 16.5. The molecule has 0 fully saturated rings. The van der Waals surface area contributed by atoms with Crippen LogP contribution in [0.15, 0.2) is 60.7 Å². The van der Waals surface area contributed by atoms with Crippen molar-refractivity contribution >= 4 is 16.9 Å². The van der Waals surface area contributed by atoms with E-state index < -0.39 is 0 Å². The molecule has 0 spiro atoms. The highest BCUT2D eigenvalue weighted by Crippen LogP contribution is 2.24. The van der Waals surface area contributed by atoms with Crippen LogP contribution in [0.1, 0.15) is 16.1 Å². The molecular weight excluding hydrogens is 250 g/mol. The molecule has 20 heavy (non-hydrogen) atoms. The zero-order chi connectivity index (χ0) is 13.9. The summed E-state index contributed by atoms with van der Waals surface area (Å²) in [5.41, 5.74) is 2.12. The topological polar surface area (TPSA) is 39.2 Å². The molecule has 0 bridgehead atoms. The Balaban J connectivity index is 1.99. The lowest BCUT2D eigenvalue weighted by atomic mass is 10.2. The van der Waals surface area contributed by atoms with Crippen LogP contribution in [0.2, 0.25) is 0 Å². The van der Waals surface area contributed by atoms with E-state index in [1.54, 1.807) is 18.2 Å². The summed E-state index contributed by atoms with van der Waals surface area (Å²) in [7, 11) is 0. The first-order chi connectivity index (χ1) is 9.74. The first kappa shape index (κ1) is 12.4. The highest BCUT2D eigenvalue weighted by Gasteiger charge is 2.11. The zero-order valence-electron chi connectivity index (χ0n) is 11.0. The van der Waals surface area contributed by atoms with Crippen LogP contribution in [-0.4, -0.2) is 11.0 Å². The number of aryl methyl sites for hydroxylation is 1. The van der Waals surface area contributed by atoms with Crippen LogP contribution in [0, 0.1) is 6.92 Å². The van der Waals surface area contributed by atoms with Crippen molar-refractivity contribution in [3.8, 4) is 5.75 Å². The molecule has 1 heterocycles. The fraction of sp³-hybridized carbons (Fsp3) is 0.0588. The van der Waals surface area contributed by atoms with Crippen molar-refractivity contribution in [2.45, 2.75) is 6.92 Å². The number of pyridine rings is 1. The molecule has 3 nitrogen and oxygen atoms in total. The SMILES string of the molecule is Cc1ccc2cccc(OC(=O)c3ccccc3)c2n1. The third kappa shape index (κ3) is 2.38. The Kier molecular flexibility index (Phi) is 3.17. The molecule has 98 valence electrons. The molecule has 2 aromatic carbocycles. The second-order valence-corrected chi connectivity index (χ2v) is 4.54. The third-order valence-electron chi connectivity index (χ3n) is 3.03. The lowest BCUT2D eigenvalue weighted by Crippen LogP contribution is -2.08. The molecule has 0 amide bonds. The molecule has 3 aromatic rings. The van der Waals surface area contributed by atoms with E-state index in [4.69, 9.17) is 4.74 Å². The molecule has 0 saturated carbocycles. The second kappa shape index (κ2) is 5.13. The van der Waals surface area contributed by atoms with Crippen molar-refractivity contribution < 1.29 is 9.53 Å². The Hall–Kier alpha value is -2.68. The Labute approximate surface area is 116 Å². The molecule has 3 rings (SSSR count). The van der Waals surface area contributed by atoms with Gasteiger partial charge in [-0.25, -0.2) is 9.78 Å². The van der Waals surface area contributed by atoms with Crippen molar-refractivity contribution in [3.05, 3.63) is 71.9 Å². The lowest BCUT2D eigenvalue weighted by Gasteiger charge is -2.07. The highest BCUT2D eigenvalue weighted by molar-refractivity contribution is 5.94. The van der Waals surface area contributed by atoms with E-state index in [1.807, 2.05) is 49.4 Å². The standard InChI is InChI=1S/C17H13NO2/c1-12-10-11-13-8-5-9-15(16(13)18-12)20-17(19)14-6-3-2-4-7-14/h2-11H,1H3. The summed E-state index contributed by atoms with van der Waals surface area (Å²) in [5, 5.41) is 0.953. The van der Waals surface area contributed by atoms with Crippen LogP contribution >= 0.6 is 0 Å². The quantitative estimate of drug-likeness (QED) is 0.522. The molecule has 0 aliphatic heterocycles. The number of carbonyl (C=O) groups excluding carboxylic acids is 1. The van der Waals surface area contributed by atoms with Gasteiger partial charge in [0.05, 0.1) is 5.56 Å². The molecule has 0 atom stereocenters. The maximum absolute atomic E-state index is 12.1. The Morgan fingerprint density at radius 3 is 2.55 bits per heavy atom. The van der Waals surface area contributed by atoms with E-state index in [9.17, 15) is 4.79 Å². The maximum atomic E-state index is 12.1. The molecule has 0 saturated heterocycles. The monoisotopic (exact) mass is 263 g/mol. The Morgan fingerprint density at radius 2 is 1.75 bits per heavy atom. The van der Waals surface area contributed by atoms with Gasteiger partial charge < -0.3 is 4.74 Å². The average molecular weight is 263 g/mol. The van der Waals surface area contributed by atoms with E-state index in [2.05, 4.69) is 4.98 Å². The minimum Gasteiger partial charge on any atom is -0.421 e. The fourth-order valence-corrected chi connectivity index (χ4v) is 2.03. The van der Waals surface area contributed by atoms with Crippen LogP contribution in [-0.2, 0) is 0 Å². The number of ether oxygens (including phenoxy) is 1.